The Morgan fingerprint density at radius 1 is 0.450 bits per heavy atom. The first-order valence-corrected chi connectivity index (χ1v) is 13.1. The van der Waals surface area contributed by atoms with Crippen LogP contribution in [0.2, 0.25) is 0 Å². The van der Waals surface area contributed by atoms with Gasteiger partial charge in [0, 0.05) is 0 Å². The van der Waals surface area contributed by atoms with Gasteiger partial charge in [-0.25, -0.2) is 0 Å². The van der Waals surface area contributed by atoms with Crippen LogP contribution in [0.25, 0.3) is 0 Å². The highest BCUT2D eigenvalue weighted by Crippen LogP contribution is 2.13. The number of para-hydroxylation sites is 2. The number of hydrogen-bond acceptors (Lipinski definition) is 8. The normalized spacial score (nSPS) is 11.1. The van der Waals surface area contributed by atoms with Gasteiger partial charge in [-0.1, -0.05) is 36.4 Å². The number of ether oxygens (including phenoxy) is 4. The summed E-state index contributed by atoms with van der Waals surface area (Å²) in [7, 11) is 0. The van der Waals surface area contributed by atoms with E-state index in [9.17, 15) is 0 Å². The fourth-order valence-electron chi connectivity index (χ4n) is 3.45. The van der Waals surface area contributed by atoms with Gasteiger partial charge in [0.1, 0.15) is 24.7 Å². The van der Waals surface area contributed by atoms with E-state index in [0.29, 0.717) is 39.6 Å². The molecule has 0 heterocycles. The van der Waals surface area contributed by atoms with Crippen molar-refractivity contribution in [2.24, 2.45) is 10.2 Å². The Morgan fingerprint density at radius 2 is 0.825 bits per heavy atom. The van der Waals surface area contributed by atoms with Crippen LogP contribution in [-0.2, 0) is 9.47 Å². The molecule has 0 atom stereocenters. The van der Waals surface area contributed by atoms with Crippen molar-refractivity contribution in [1.29, 1.82) is 0 Å². The van der Waals surface area contributed by atoms with Crippen LogP contribution in [0.4, 0.5) is 11.4 Å². The highest BCUT2D eigenvalue weighted by Gasteiger charge is 1.97. The molecule has 0 aliphatic heterocycles. The summed E-state index contributed by atoms with van der Waals surface area (Å²) in [5.74, 6) is 1.57. The van der Waals surface area contributed by atoms with Crippen molar-refractivity contribution >= 4 is 23.8 Å². The second-order valence-electron chi connectivity index (χ2n) is 8.53. The molecule has 0 saturated heterocycles. The Labute approximate surface area is 235 Å². The number of anilines is 2. The molecule has 8 nitrogen and oxygen atoms in total. The molecule has 4 aromatic rings. The summed E-state index contributed by atoms with van der Waals surface area (Å²) in [6, 6.07) is 35.1. The van der Waals surface area contributed by atoms with Crippen LogP contribution >= 0.6 is 0 Å². The van der Waals surface area contributed by atoms with Crippen molar-refractivity contribution in [1.82, 2.24) is 0 Å². The first-order chi connectivity index (χ1) is 19.8. The van der Waals surface area contributed by atoms with Crippen LogP contribution in [-0.4, -0.2) is 52.1 Å². The van der Waals surface area contributed by atoms with Crippen LogP contribution < -0.4 is 20.3 Å². The summed E-state index contributed by atoms with van der Waals surface area (Å²) >= 11 is 0. The van der Waals surface area contributed by atoms with E-state index in [1.54, 1.807) is 12.4 Å². The van der Waals surface area contributed by atoms with E-state index in [0.717, 1.165) is 34.0 Å². The molecular weight excluding hydrogens is 504 g/mol. The van der Waals surface area contributed by atoms with Gasteiger partial charge in [0.2, 0.25) is 0 Å². The van der Waals surface area contributed by atoms with Gasteiger partial charge < -0.3 is 18.9 Å². The third-order valence-corrected chi connectivity index (χ3v) is 5.49. The minimum Gasteiger partial charge on any atom is -0.491 e. The third kappa shape index (κ3) is 11.0. The standard InChI is InChI=1S/C32H34N4O4/c1-3-7-29(8-4-1)35-33-25-27-11-15-31(16-12-27)39-23-21-37-19-20-38-22-24-40-32-17-13-28(14-18-32)26-34-36-30-9-5-2-6-10-30/h1-18,25-26,35-36H,19-24H2/b33-25+,34-26+. The van der Waals surface area contributed by atoms with E-state index < -0.39 is 0 Å². The molecule has 0 aliphatic rings. The smallest absolute Gasteiger partial charge is 0.119 e. The Balaban J connectivity index is 0.984. The molecule has 0 aliphatic carbocycles. The van der Waals surface area contributed by atoms with Gasteiger partial charge in [0.25, 0.3) is 0 Å². The number of benzene rings is 4. The second-order valence-corrected chi connectivity index (χ2v) is 8.53. The van der Waals surface area contributed by atoms with E-state index in [1.165, 1.54) is 0 Å². The van der Waals surface area contributed by atoms with Gasteiger partial charge in [-0.15, -0.1) is 0 Å². The van der Waals surface area contributed by atoms with Crippen molar-refractivity contribution in [3.05, 3.63) is 120 Å². The topological polar surface area (TPSA) is 85.7 Å². The third-order valence-electron chi connectivity index (χ3n) is 5.49. The van der Waals surface area contributed by atoms with Crippen LogP contribution in [0.3, 0.4) is 0 Å². The molecule has 0 amide bonds. The van der Waals surface area contributed by atoms with Gasteiger partial charge in [0.05, 0.1) is 50.2 Å². The number of rotatable bonds is 17. The maximum Gasteiger partial charge on any atom is 0.119 e. The summed E-state index contributed by atoms with van der Waals surface area (Å²) in [6.07, 6.45) is 3.53. The average Bonchev–Trinajstić information content (AvgIpc) is 3.01. The number of nitrogens with one attached hydrogen (secondary N) is 2. The minimum atomic E-state index is 0.467. The van der Waals surface area contributed by atoms with Gasteiger partial charge in [-0.2, -0.15) is 10.2 Å². The largest absolute Gasteiger partial charge is 0.491 e. The van der Waals surface area contributed by atoms with Crippen LogP contribution in [0.1, 0.15) is 11.1 Å². The van der Waals surface area contributed by atoms with Crippen molar-refractivity contribution < 1.29 is 18.9 Å². The lowest BCUT2D eigenvalue weighted by Gasteiger charge is -2.09. The Morgan fingerprint density at radius 3 is 1.23 bits per heavy atom. The van der Waals surface area contributed by atoms with Crippen LogP contribution in [0, 0.1) is 0 Å². The Hall–Kier alpha value is -4.66. The molecule has 0 fully saturated rings. The minimum absolute atomic E-state index is 0.467. The molecule has 0 saturated carbocycles. The quantitative estimate of drug-likeness (QED) is 0.0964. The maximum atomic E-state index is 5.72. The predicted molar refractivity (Wildman–Crippen MR) is 161 cm³/mol. The number of hydrazone groups is 2. The summed E-state index contributed by atoms with van der Waals surface area (Å²) in [5, 5.41) is 8.48. The first kappa shape index (κ1) is 28.4. The van der Waals surface area contributed by atoms with E-state index in [4.69, 9.17) is 18.9 Å². The predicted octanol–water partition coefficient (Wildman–Crippen LogP) is 6.07. The van der Waals surface area contributed by atoms with Crippen molar-refractivity contribution in [2.45, 2.75) is 0 Å². The van der Waals surface area contributed by atoms with Crippen molar-refractivity contribution in [3.8, 4) is 11.5 Å². The van der Waals surface area contributed by atoms with Gasteiger partial charge in [-0.05, 0) is 83.9 Å². The molecule has 0 radical (unpaired) electrons. The Bertz CT molecular complexity index is 1180. The molecule has 0 spiro atoms. The van der Waals surface area contributed by atoms with E-state index in [-0.39, 0.29) is 0 Å². The molecule has 40 heavy (non-hydrogen) atoms. The molecule has 0 aromatic heterocycles. The zero-order valence-electron chi connectivity index (χ0n) is 22.3. The molecular formula is C32H34N4O4. The number of hydrogen-bond donors (Lipinski definition) is 2. The summed E-state index contributed by atoms with van der Waals surface area (Å²) < 4.78 is 22.6. The summed E-state index contributed by atoms with van der Waals surface area (Å²) in [4.78, 5) is 0. The van der Waals surface area contributed by atoms with Crippen LogP contribution in [0.5, 0.6) is 11.5 Å². The number of nitrogens with zero attached hydrogens (tertiary/aromatic N) is 2. The van der Waals surface area contributed by atoms with Crippen molar-refractivity contribution in [2.75, 3.05) is 50.5 Å². The van der Waals surface area contributed by atoms with Crippen LogP contribution in [0.15, 0.2) is 119 Å². The zero-order chi connectivity index (χ0) is 27.5. The molecule has 2 N–H and O–H groups in total. The molecule has 4 rings (SSSR count). The fourth-order valence-corrected chi connectivity index (χ4v) is 3.45. The first-order valence-electron chi connectivity index (χ1n) is 13.1. The zero-order valence-corrected chi connectivity index (χ0v) is 22.3. The molecule has 206 valence electrons. The highest BCUT2D eigenvalue weighted by atomic mass is 16.6. The monoisotopic (exact) mass is 538 g/mol. The van der Waals surface area contributed by atoms with E-state index >= 15 is 0 Å². The highest BCUT2D eigenvalue weighted by molar-refractivity contribution is 5.81. The lowest BCUT2D eigenvalue weighted by Crippen LogP contribution is -2.13. The lowest BCUT2D eigenvalue weighted by molar-refractivity contribution is 0.0273. The molecule has 0 unspecified atom stereocenters. The van der Waals surface area contributed by atoms with E-state index in [1.807, 2.05) is 109 Å². The Kier molecular flexibility index (Phi) is 12.1. The van der Waals surface area contributed by atoms with Gasteiger partial charge in [-0.3, -0.25) is 10.9 Å². The molecule has 8 heteroatoms. The maximum absolute atomic E-state index is 5.72. The summed E-state index contributed by atoms with van der Waals surface area (Å²) in [5.41, 5.74) is 9.83. The fraction of sp³-hybridized carbons (Fsp3) is 0.188. The summed E-state index contributed by atoms with van der Waals surface area (Å²) in [6.45, 7) is 2.90. The van der Waals surface area contributed by atoms with E-state index in [2.05, 4.69) is 21.1 Å². The molecule has 0 bridgehead atoms. The SMILES string of the molecule is C(=N\Nc1ccccc1)/c1ccc(OCCOCCOCCOc2ccc(/C=N/Nc3ccccc3)cc2)cc1. The molecule has 4 aromatic carbocycles. The van der Waals surface area contributed by atoms with Crippen molar-refractivity contribution in [3.63, 3.8) is 0 Å². The lowest BCUT2D eigenvalue weighted by atomic mass is 10.2. The van der Waals surface area contributed by atoms with Gasteiger partial charge in [0.15, 0.2) is 0 Å². The van der Waals surface area contributed by atoms with Gasteiger partial charge >= 0.3 is 0 Å². The average molecular weight is 539 g/mol. The second kappa shape index (κ2) is 17.0.